The molecule has 0 amide bonds. The molecule has 8 heteroatoms. The molecule has 0 saturated heterocycles. The smallest absolute Gasteiger partial charge is 0.322 e. The molecule has 2 aliphatic rings. The zero-order valence-electron chi connectivity index (χ0n) is 15.4. The fraction of sp³-hybridized carbons (Fsp3) is 0.368. The summed E-state index contributed by atoms with van der Waals surface area (Å²) in [6, 6.07) is 6.04. The molecule has 0 bridgehead atoms. The standard InChI is InChI=1S/C19H20N6O2/c1-4-12-10-13-15(11-14(12)24(2)3)25(9-7-5-6-8-20)17-16(21-13)18(26)23-19(27)22-17/h10-11H,2,4-7,9H2,1,3H3/p+1. The molecule has 0 atom stereocenters. The number of H-pyrrole nitrogens is 1. The van der Waals surface area contributed by atoms with Crippen LogP contribution < -0.4 is 11.2 Å². The molecule has 0 aromatic heterocycles. The van der Waals surface area contributed by atoms with Gasteiger partial charge in [0.15, 0.2) is 11.5 Å². The number of fused-ring (bicyclic) bond motifs is 2. The fourth-order valence-corrected chi connectivity index (χ4v) is 3.21. The monoisotopic (exact) mass is 365 g/mol. The molecule has 27 heavy (non-hydrogen) atoms. The van der Waals surface area contributed by atoms with Crippen molar-refractivity contribution in [1.82, 2.24) is 19.5 Å². The Morgan fingerprint density at radius 3 is 2.74 bits per heavy atom. The maximum Gasteiger partial charge on any atom is 0.349 e. The number of aromatic amines is 1. The summed E-state index contributed by atoms with van der Waals surface area (Å²) in [6.45, 7) is 6.55. The van der Waals surface area contributed by atoms with Gasteiger partial charge in [-0.25, -0.2) is 14.4 Å². The van der Waals surface area contributed by atoms with Crippen LogP contribution in [0.4, 0.5) is 5.69 Å². The number of hydrogen-bond donors (Lipinski definition) is 1. The number of rotatable bonds is 6. The molecule has 0 unspecified atom stereocenters. The van der Waals surface area contributed by atoms with Crippen LogP contribution in [0.2, 0.25) is 0 Å². The highest BCUT2D eigenvalue weighted by Gasteiger charge is 2.21. The second-order valence-corrected chi connectivity index (χ2v) is 6.44. The summed E-state index contributed by atoms with van der Waals surface area (Å²) in [5.74, 6) is 0.259. The molecule has 0 radical (unpaired) electrons. The molecule has 138 valence electrons. The topological polar surface area (TPSA) is 107 Å². The lowest BCUT2D eigenvalue weighted by Crippen LogP contribution is -2.29. The summed E-state index contributed by atoms with van der Waals surface area (Å²) >= 11 is 0. The number of aryl methyl sites for hydroxylation is 2. The van der Waals surface area contributed by atoms with Crippen LogP contribution in [0.1, 0.15) is 31.7 Å². The van der Waals surface area contributed by atoms with E-state index >= 15 is 0 Å². The zero-order valence-corrected chi connectivity index (χ0v) is 15.4. The molecule has 0 aliphatic carbocycles. The van der Waals surface area contributed by atoms with Crippen molar-refractivity contribution in [3.63, 3.8) is 0 Å². The Labute approximate surface area is 155 Å². The summed E-state index contributed by atoms with van der Waals surface area (Å²) < 4.78 is 3.63. The normalized spacial score (nSPS) is 11.0. The zero-order chi connectivity index (χ0) is 19.6. The Bertz CT molecular complexity index is 1150. The lowest BCUT2D eigenvalue weighted by atomic mass is 10.1. The third-order valence-corrected chi connectivity index (χ3v) is 4.52. The van der Waals surface area contributed by atoms with E-state index in [1.165, 1.54) is 0 Å². The van der Waals surface area contributed by atoms with E-state index in [0.29, 0.717) is 18.5 Å². The van der Waals surface area contributed by atoms with Gasteiger partial charge in [0.1, 0.15) is 13.8 Å². The minimum Gasteiger partial charge on any atom is -0.322 e. The lowest BCUT2D eigenvalue weighted by molar-refractivity contribution is -0.395. The van der Waals surface area contributed by atoms with Gasteiger partial charge in [0.25, 0.3) is 5.56 Å². The van der Waals surface area contributed by atoms with E-state index in [0.717, 1.165) is 36.0 Å². The molecular weight excluding hydrogens is 344 g/mol. The van der Waals surface area contributed by atoms with Crippen molar-refractivity contribution in [3.05, 3.63) is 38.5 Å². The van der Waals surface area contributed by atoms with Gasteiger partial charge in [-0.05, 0) is 25.3 Å². The number of benzene rings is 1. The first kappa shape index (κ1) is 18.5. The predicted molar refractivity (Wildman–Crippen MR) is 103 cm³/mol. The first-order chi connectivity index (χ1) is 13.0. The van der Waals surface area contributed by atoms with Crippen molar-refractivity contribution in [3.8, 4) is 17.6 Å². The maximum atomic E-state index is 12.3. The lowest BCUT2D eigenvalue weighted by Gasteiger charge is -2.17. The summed E-state index contributed by atoms with van der Waals surface area (Å²) in [5, 5.41) is 8.76. The molecule has 3 rings (SSSR count). The number of hydrogen-bond acceptors (Lipinski definition) is 5. The molecular formula is C19H21N6O2+. The number of nitrogens with zero attached hydrogens (tertiary/aromatic N) is 5. The Kier molecular flexibility index (Phi) is 5.12. The number of aromatic nitrogens is 4. The Balaban J connectivity index is 2.34. The summed E-state index contributed by atoms with van der Waals surface area (Å²) in [6.07, 6.45) is 2.69. The van der Waals surface area contributed by atoms with Gasteiger partial charge in [0.05, 0.1) is 17.1 Å². The van der Waals surface area contributed by atoms with Gasteiger partial charge in [-0.1, -0.05) is 6.92 Å². The third-order valence-electron chi connectivity index (χ3n) is 4.52. The van der Waals surface area contributed by atoms with Gasteiger partial charge in [-0.15, -0.1) is 0 Å². The number of nitrogens with one attached hydrogen (secondary N) is 1. The van der Waals surface area contributed by atoms with Crippen LogP contribution in [-0.2, 0) is 13.0 Å². The van der Waals surface area contributed by atoms with E-state index in [9.17, 15) is 9.59 Å². The van der Waals surface area contributed by atoms with Crippen molar-refractivity contribution >= 4 is 23.4 Å². The molecule has 2 aliphatic heterocycles. The van der Waals surface area contributed by atoms with Crippen LogP contribution in [-0.4, -0.2) is 37.9 Å². The summed E-state index contributed by atoms with van der Waals surface area (Å²) in [5.41, 5.74) is 2.35. The van der Waals surface area contributed by atoms with E-state index in [1.54, 1.807) is 4.58 Å². The fourth-order valence-electron chi connectivity index (χ4n) is 3.21. The Morgan fingerprint density at radius 1 is 1.30 bits per heavy atom. The highest BCUT2D eigenvalue weighted by atomic mass is 16.2. The van der Waals surface area contributed by atoms with E-state index in [1.807, 2.05) is 30.7 Å². The highest BCUT2D eigenvalue weighted by molar-refractivity contribution is 5.83. The SMILES string of the molecule is C=[N+](C)c1cc2c(cc1CC)nc1c(=O)[nH]c(=O)nc-1n2CCCCC#N. The van der Waals surface area contributed by atoms with Crippen LogP contribution in [0.15, 0.2) is 21.7 Å². The Hall–Kier alpha value is -3.34. The summed E-state index contributed by atoms with van der Waals surface area (Å²) in [4.78, 5) is 34.7. The molecule has 0 fully saturated rings. The van der Waals surface area contributed by atoms with Crippen LogP contribution in [0, 0.1) is 11.3 Å². The van der Waals surface area contributed by atoms with Gasteiger partial charge in [0, 0.05) is 24.6 Å². The van der Waals surface area contributed by atoms with Gasteiger partial charge >= 0.3 is 5.69 Å². The second kappa shape index (κ2) is 7.50. The molecule has 2 heterocycles. The highest BCUT2D eigenvalue weighted by Crippen LogP contribution is 2.28. The van der Waals surface area contributed by atoms with Gasteiger partial charge in [-0.2, -0.15) is 10.2 Å². The summed E-state index contributed by atoms with van der Waals surface area (Å²) in [7, 11) is 1.87. The molecule has 1 N–H and O–H groups in total. The van der Waals surface area contributed by atoms with Crippen LogP contribution in [0.25, 0.3) is 22.6 Å². The molecule has 0 spiro atoms. The van der Waals surface area contributed by atoms with E-state index in [-0.39, 0.29) is 11.5 Å². The van der Waals surface area contributed by atoms with E-state index in [2.05, 4.69) is 27.7 Å². The number of unbranched alkanes of at least 4 members (excludes halogenated alkanes) is 2. The minimum absolute atomic E-state index is 0.139. The van der Waals surface area contributed by atoms with E-state index < -0.39 is 11.2 Å². The maximum absolute atomic E-state index is 12.3. The van der Waals surface area contributed by atoms with Gasteiger partial charge < -0.3 is 4.57 Å². The van der Waals surface area contributed by atoms with Crippen molar-refractivity contribution in [2.45, 2.75) is 39.2 Å². The Morgan fingerprint density at radius 2 is 2.07 bits per heavy atom. The van der Waals surface area contributed by atoms with Crippen molar-refractivity contribution in [2.24, 2.45) is 0 Å². The first-order valence-electron chi connectivity index (χ1n) is 8.85. The second-order valence-electron chi connectivity index (χ2n) is 6.44. The molecule has 8 nitrogen and oxygen atoms in total. The van der Waals surface area contributed by atoms with Gasteiger partial charge in [-0.3, -0.25) is 9.78 Å². The quantitative estimate of drug-likeness (QED) is 0.310. The van der Waals surface area contributed by atoms with Gasteiger partial charge in [0.2, 0.25) is 5.69 Å². The average Bonchev–Trinajstić information content (AvgIpc) is 2.63. The van der Waals surface area contributed by atoms with E-state index in [4.69, 9.17) is 5.26 Å². The first-order valence-corrected chi connectivity index (χ1v) is 8.85. The van der Waals surface area contributed by atoms with Crippen molar-refractivity contribution < 1.29 is 4.58 Å². The predicted octanol–water partition coefficient (Wildman–Crippen LogP) is 1.82. The number of nitriles is 1. The largest absolute Gasteiger partial charge is 0.349 e. The third kappa shape index (κ3) is 3.49. The van der Waals surface area contributed by atoms with Crippen molar-refractivity contribution in [2.75, 3.05) is 7.05 Å². The van der Waals surface area contributed by atoms with Crippen LogP contribution >= 0.6 is 0 Å². The van der Waals surface area contributed by atoms with Crippen molar-refractivity contribution in [1.29, 1.82) is 5.26 Å². The molecule has 1 aromatic rings. The molecule has 1 aromatic carbocycles. The average molecular weight is 365 g/mol. The van der Waals surface area contributed by atoms with Crippen LogP contribution in [0.5, 0.6) is 0 Å². The molecule has 0 saturated carbocycles. The minimum atomic E-state index is -0.695. The van der Waals surface area contributed by atoms with Crippen LogP contribution in [0.3, 0.4) is 0 Å².